The van der Waals surface area contributed by atoms with Crippen LogP contribution >= 0.6 is 0 Å². The predicted octanol–water partition coefficient (Wildman–Crippen LogP) is 2.48. The Morgan fingerprint density at radius 2 is 1.95 bits per heavy atom. The van der Waals surface area contributed by atoms with Crippen molar-refractivity contribution in [1.29, 1.82) is 0 Å². The Morgan fingerprint density at radius 1 is 1.26 bits per heavy atom. The van der Waals surface area contributed by atoms with Gasteiger partial charge in [-0.3, -0.25) is 4.90 Å². The van der Waals surface area contributed by atoms with Crippen LogP contribution in [0.4, 0.5) is 0 Å². The Hall–Kier alpha value is -0.900. The molecule has 0 bridgehead atoms. The first kappa shape index (κ1) is 16.2. The molecule has 108 valence electrons. The van der Waals surface area contributed by atoms with Gasteiger partial charge in [-0.25, -0.2) is 0 Å². The van der Waals surface area contributed by atoms with E-state index in [1.165, 1.54) is 11.1 Å². The monoisotopic (exact) mass is 264 g/mol. The van der Waals surface area contributed by atoms with Crippen LogP contribution in [0.5, 0.6) is 0 Å². The summed E-state index contributed by atoms with van der Waals surface area (Å²) in [4.78, 5) is 2.29. The van der Waals surface area contributed by atoms with Gasteiger partial charge in [0.05, 0.1) is 6.61 Å². The van der Waals surface area contributed by atoms with Gasteiger partial charge in [0.1, 0.15) is 0 Å². The quantitative estimate of drug-likeness (QED) is 0.694. The summed E-state index contributed by atoms with van der Waals surface area (Å²) < 4.78 is 5.37. The third-order valence-corrected chi connectivity index (χ3v) is 3.33. The predicted molar refractivity (Wildman–Crippen MR) is 81.6 cm³/mol. The maximum absolute atomic E-state index is 5.37. The molecule has 0 fully saturated rings. The summed E-state index contributed by atoms with van der Waals surface area (Å²) in [5.74, 6) is 0.565. The maximum Gasteiger partial charge on any atom is 0.0593 e. The van der Waals surface area contributed by atoms with Crippen LogP contribution in [0.1, 0.15) is 30.9 Å². The standard InChI is InChI=1S/C16H28N2O/c1-5-19-11-10-18(4)13-15-6-8-16(9-7-15)14(2)12-17-3/h6-9,14,17H,5,10-13H2,1-4H3. The van der Waals surface area contributed by atoms with E-state index < -0.39 is 0 Å². The Kier molecular flexibility index (Phi) is 7.72. The topological polar surface area (TPSA) is 24.5 Å². The fourth-order valence-electron chi connectivity index (χ4n) is 2.13. The van der Waals surface area contributed by atoms with E-state index >= 15 is 0 Å². The van der Waals surface area contributed by atoms with Crippen LogP contribution in [-0.4, -0.2) is 45.3 Å². The molecule has 1 N–H and O–H groups in total. The van der Waals surface area contributed by atoms with Crippen molar-refractivity contribution in [2.24, 2.45) is 0 Å². The van der Waals surface area contributed by atoms with Gasteiger partial charge in [0.15, 0.2) is 0 Å². The number of ether oxygens (including phenoxy) is 1. The zero-order chi connectivity index (χ0) is 14.1. The van der Waals surface area contributed by atoms with Crippen molar-refractivity contribution in [2.45, 2.75) is 26.3 Å². The molecule has 1 aromatic rings. The number of benzene rings is 1. The van der Waals surface area contributed by atoms with Gasteiger partial charge in [-0.15, -0.1) is 0 Å². The van der Waals surface area contributed by atoms with Crippen LogP contribution in [0.3, 0.4) is 0 Å². The lowest BCUT2D eigenvalue weighted by Crippen LogP contribution is -2.22. The molecule has 0 aliphatic carbocycles. The summed E-state index contributed by atoms with van der Waals surface area (Å²) in [6, 6.07) is 8.96. The average Bonchev–Trinajstić information content (AvgIpc) is 2.40. The highest BCUT2D eigenvalue weighted by Crippen LogP contribution is 2.15. The summed E-state index contributed by atoms with van der Waals surface area (Å²) in [6.45, 7) is 8.87. The molecular weight excluding hydrogens is 236 g/mol. The van der Waals surface area contributed by atoms with E-state index in [-0.39, 0.29) is 0 Å². The average molecular weight is 264 g/mol. The van der Waals surface area contributed by atoms with Crippen molar-refractivity contribution in [3.63, 3.8) is 0 Å². The van der Waals surface area contributed by atoms with Crippen molar-refractivity contribution in [1.82, 2.24) is 10.2 Å². The van der Waals surface area contributed by atoms with Crippen LogP contribution in [0, 0.1) is 0 Å². The molecule has 0 radical (unpaired) electrons. The molecule has 0 aromatic heterocycles. The first-order chi connectivity index (χ1) is 9.17. The first-order valence-electron chi connectivity index (χ1n) is 7.17. The zero-order valence-corrected chi connectivity index (χ0v) is 12.8. The summed E-state index contributed by atoms with van der Waals surface area (Å²) in [5, 5.41) is 3.22. The first-order valence-corrected chi connectivity index (χ1v) is 7.17. The van der Waals surface area contributed by atoms with Crippen molar-refractivity contribution < 1.29 is 4.74 Å². The van der Waals surface area contributed by atoms with Gasteiger partial charge >= 0.3 is 0 Å². The highest BCUT2D eigenvalue weighted by molar-refractivity contribution is 5.25. The SMILES string of the molecule is CCOCCN(C)Cc1ccc(C(C)CNC)cc1. The van der Waals surface area contributed by atoms with E-state index in [1.54, 1.807) is 0 Å². The van der Waals surface area contributed by atoms with Crippen molar-refractivity contribution in [2.75, 3.05) is 40.4 Å². The zero-order valence-electron chi connectivity index (χ0n) is 12.8. The van der Waals surface area contributed by atoms with Gasteiger partial charge in [-0.1, -0.05) is 31.2 Å². The molecule has 0 heterocycles. The lowest BCUT2D eigenvalue weighted by molar-refractivity contribution is 0.120. The van der Waals surface area contributed by atoms with E-state index in [4.69, 9.17) is 4.74 Å². The van der Waals surface area contributed by atoms with E-state index in [0.717, 1.165) is 32.8 Å². The highest BCUT2D eigenvalue weighted by Gasteiger charge is 2.05. The molecule has 3 heteroatoms. The molecule has 0 aliphatic heterocycles. The minimum absolute atomic E-state index is 0.565. The van der Waals surface area contributed by atoms with Crippen LogP contribution < -0.4 is 5.32 Å². The lowest BCUT2D eigenvalue weighted by Gasteiger charge is -2.17. The third-order valence-electron chi connectivity index (χ3n) is 3.33. The second-order valence-corrected chi connectivity index (χ2v) is 5.14. The van der Waals surface area contributed by atoms with Gasteiger partial charge in [0.25, 0.3) is 0 Å². The highest BCUT2D eigenvalue weighted by atomic mass is 16.5. The number of likely N-dealkylation sites (N-methyl/N-ethyl adjacent to an activating group) is 2. The number of nitrogens with zero attached hydrogens (tertiary/aromatic N) is 1. The normalized spacial score (nSPS) is 12.9. The molecular formula is C16H28N2O. The molecule has 0 spiro atoms. The van der Waals surface area contributed by atoms with E-state index in [0.29, 0.717) is 5.92 Å². The van der Waals surface area contributed by atoms with Crippen LogP contribution in [0.25, 0.3) is 0 Å². The third kappa shape index (κ3) is 6.19. The van der Waals surface area contributed by atoms with E-state index in [2.05, 4.69) is 48.5 Å². The minimum atomic E-state index is 0.565. The molecule has 1 unspecified atom stereocenters. The number of rotatable bonds is 9. The van der Waals surface area contributed by atoms with Gasteiger partial charge in [0, 0.05) is 26.2 Å². The lowest BCUT2D eigenvalue weighted by atomic mass is 10.00. The smallest absolute Gasteiger partial charge is 0.0593 e. The van der Waals surface area contributed by atoms with Crippen molar-refractivity contribution in [3.8, 4) is 0 Å². The summed E-state index contributed by atoms with van der Waals surface area (Å²) in [7, 11) is 4.13. The fourth-order valence-corrected chi connectivity index (χ4v) is 2.13. The molecule has 19 heavy (non-hydrogen) atoms. The summed E-state index contributed by atoms with van der Waals surface area (Å²) >= 11 is 0. The molecule has 3 nitrogen and oxygen atoms in total. The van der Waals surface area contributed by atoms with E-state index in [1.807, 2.05) is 14.0 Å². The second kappa shape index (κ2) is 9.08. The Balaban J connectivity index is 2.43. The Labute approximate surface area is 118 Å². The van der Waals surface area contributed by atoms with Gasteiger partial charge in [0.2, 0.25) is 0 Å². The van der Waals surface area contributed by atoms with Gasteiger partial charge < -0.3 is 10.1 Å². The molecule has 0 saturated heterocycles. The fraction of sp³-hybridized carbons (Fsp3) is 0.625. The van der Waals surface area contributed by atoms with Crippen molar-refractivity contribution >= 4 is 0 Å². The number of hydrogen-bond donors (Lipinski definition) is 1. The minimum Gasteiger partial charge on any atom is -0.380 e. The van der Waals surface area contributed by atoms with Gasteiger partial charge in [-0.05, 0) is 38.1 Å². The van der Waals surface area contributed by atoms with Gasteiger partial charge in [-0.2, -0.15) is 0 Å². The molecule has 0 aliphatic rings. The van der Waals surface area contributed by atoms with Crippen LogP contribution in [0.2, 0.25) is 0 Å². The Morgan fingerprint density at radius 3 is 2.53 bits per heavy atom. The second-order valence-electron chi connectivity index (χ2n) is 5.14. The Bertz CT molecular complexity index is 337. The summed E-state index contributed by atoms with van der Waals surface area (Å²) in [5.41, 5.74) is 2.76. The summed E-state index contributed by atoms with van der Waals surface area (Å²) in [6.07, 6.45) is 0. The number of nitrogens with one attached hydrogen (secondary N) is 1. The molecule has 0 saturated carbocycles. The maximum atomic E-state index is 5.37. The van der Waals surface area contributed by atoms with Crippen LogP contribution in [-0.2, 0) is 11.3 Å². The van der Waals surface area contributed by atoms with Crippen molar-refractivity contribution in [3.05, 3.63) is 35.4 Å². The number of hydrogen-bond acceptors (Lipinski definition) is 3. The molecule has 1 rings (SSSR count). The molecule has 1 aromatic carbocycles. The van der Waals surface area contributed by atoms with E-state index in [9.17, 15) is 0 Å². The van der Waals surface area contributed by atoms with Crippen LogP contribution in [0.15, 0.2) is 24.3 Å². The molecule has 0 amide bonds. The largest absolute Gasteiger partial charge is 0.380 e. The molecule has 1 atom stereocenters.